The van der Waals surface area contributed by atoms with Crippen LogP contribution in [0.3, 0.4) is 0 Å². The lowest BCUT2D eigenvalue weighted by Crippen LogP contribution is -2.09. The molecule has 4 aromatic rings. The van der Waals surface area contributed by atoms with E-state index in [1.165, 1.54) is 32.4 Å². The van der Waals surface area contributed by atoms with Gasteiger partial charge in [-0.2, -0.15) is 0 Å². The Morgan fingerprint density at radius 2 is 1.39 bits per heavy atom. The molecule has 88 valence electrons. The standard InChI is InChI=1S/C16H14N2/c1-17-10-13-7-6-11-4-3-5-12-8-9-14(18(17)2)16(13)15(11)12/h3-10H,1-2H3. The van der Waals surface area contributed by atoms with E-state index in [0.29, 0.717) is 0 Å². The first-order chi connectivity index (χ1) is 8.75. The van der Waals surface area contributed by atoms with Crippen LogP contribution >= 0.6 is 0 Å². The molecule has 0 saturated heterocycles. The van der Waals surface area contributed by atoms with E-state index in [-0.39, 0.29) is 0 Å². The summed E-state index contributed by atoms with van der Waals surface area (Å²) in [6, 6.07) is 15.4. The molecule has 0 bridgehead atoms. The van der Waals surface area contributed by atoms with Gasteiger partial charge in [0.15, 0.2) is 0 Å². The maximum Gasteiger partial charge on any atom is 0.0656 e. The van der Waals surface area contributed by atoms with Gasteiger partial charge >= 0.3 is 0 Å². The molecule has 0 saturated carbocycles. The Balaban J connectivity index is 2.46. The second-order valence-corrected chi connectivity index (χ2v) is 4.92. The molecular formula is C16H14N2. The van der Waals surface area contributed by atoms with Crippen LogP contribution in [0.5, 0.6) is 0 Å². The molecule has 3 aromatic carbocycles. The fraction of sp³-hybridized carbons (Fsp3) is 0.125. The molecule has 4 rings (SSSR count). The van der Waals surface area contributed by atoms with Crippen molar-refractivity contribution in [1.29, 1.82) is 0 Å². The van der Waals surface area contributed by atoms with Crippen molar-refractivity contribution in [2.45, 2.75) is 0 Å². The molecular weight excluding hydrogens is 220 g/mol. The number of hydrogen-bond donors (Lipinski definition) is 0. The van der Waals surface area contributed by atoms with Crippen molar-refractivity contribution in [2.75, 3.05) is 0 Å². The molecule has 0 aliphatic carbocycles. The molecule has 2 heteroatoms. The van der Waals surface area contributed by atoms with E-state index in [0.717, 1.165) is 0 Å². The third-order valence-electron chi connectivity index (χ3n) is 3.93. The molecule has 1 heterocycles. The van der Waals surface area contributed by atoms with Gasteiger partial charge in [0, 0.05) is 31.1 Å². The van der Waals surface area contributed by atoms with E-state index in [2.05, 4.69) is 72.1 Å². The summed E-state index contributed by atoms with van der Waals surface area (Å²) in [6.45, 7) is 0. The molecule has 0 amide bonds. The number of hydrogen-bond acceptors (Lipinski definition) is 0. The average molecular weight is 234 g/mol. The van der Waals surface area contributed by atoms with Gasteiger partial charge in [0.1, 0.15) is 0 Å². The minimum absolute atomic E-state index is 1.28. The Labute approximate surface area is 105 Å². The van der Waals surface area contributed by atoms with Crippen LogP contribution in [0.4, 0.5) is 0 Å². The highest BCUT2D eigenvalue weighted by atomic mass is 15.4. The van der Waals surface area contributed by atoms with Crippen molar-refractivity contribution in [3.63, 3.8) is 0 Å². The van der Waals surface area contributed by atoms with Crippen LogP contribution < -0.4 is 0 Å². The number of aryl methyl sites for hydroxylation is 2. The number of benzene rings is 3. The van der Waals surface area contributed by atoms with E-state index >= 15 is 0 Å². The quantitative estimate of drug-likeness (QED) is 0.409. The molecule has 0 unspecified atom stereocenters. The molecule has 0 fully saturated rings. The van der Waals surface area contributed by atoms with Crippen LogP contribution in [0.15, 0.2) is 48.7 Å². The van der Waals surface area contributed by atoms with Gasteiger partial charge in [-0.05, 0) is 22.2 Å². The summed E-state index contributed by atoms with van der Waals surface area (Å²) in [5, 5.41) is 6.68. The summed E-state index contributed by atoms with van der Waals surface area (Å²) in [4.78, 5) is 0. The zero-order valence-corrected chi connectivity index (χ0v) is 10.5. The van der Waals surface area contributed by atoms with Crippen LogP contribution in [-0.2, 0) is 14.1 Å². The van der Waals surface area contributed by atoms with Crippen LogP contribution in [-0.4, -0.2) is 9.36 Å². The topological polar surface area (TPSA) is 9.86 Å². The number of aromatic nitrogens is 2. The average Bonchev–Trinajstić information content (AvgIpc) is 2.40. The molecule has 2 nitrogen and oxygen atoms in total. The second-order valence-electron chi connectivity index (χ2n) is 4.92. The van der Waals surface area contributed by atoms with Crippen molar-refractivity contribution in [2.24, 2.45) is 14.1 Å². The Bertz CT molecular complexity index is 878. The predicted octanol–water partition coefficient (Wildman–Crippen LogP) is 3.82. The summed E-state index contributed by atoms with van der Waals surface area (Å²) in [5.41, 5.74) is 1.28. The summed E-state index contributed by atoms with van der Waals surface area (Å²) in [5.74, 6) is 0. The van der Waals surface area contributed by atoms with E-state index in [1.807, 2.05) is 0 Å². The van der Waals surface area contributed by atoms with Crippen LogP contribution in [0.25, 0.3) is 32.4 Å². The van der Waals surface area contributed by atoms with E-state index < -0.39 is 0 Å². The van der Waals surface area contributed by atoms with Crippen molar-refractivity contribution >= 4 is 32.4 Å². The Morgan fingerprint density at radius 1 is 0.722 bits per heavy atom. The van der Waals surface area contributed by atoms with Gasteiger partial charge in [0.2, 0.25) is 0 Å². The van der Waals surface area contributed by atoms with Gasteiger partial charge in [0.25, 0.3) is 0 Å². The zero-order valence-electron chi connectivity index (χ0n) is 10.5. The molecule has 0 aliphatic heterocycles. The summed E-state index contributed by atoms with van der Waals surface area (Å²) in [7, 11) is 4.18. The molecule has 0 spiro atoms. The van der Waals surface area contributed by atoms with E-state index in [1.54, 1.807) is 0 Å². The summed E-state index contributed by atoms with van der Waals surface area (Å²) >= 11 is 0. The molecule has 0 aliphatic rings. The van der Waals surface area contributed by atoms with Crippen LogP contribution in [0, 0.1) is 0 Å². The first kappa shape index (κ1) is 9.77. The molecule has 0 radical (unpaired) electrons. The Hall–Kier alpha value is -2.22. The maximum atomic E-state index is 2.21. The third-order valence-corrected chi connectivity index (χ3v) is 3.93. The molecule has 0 atom stereocenters. The zero-order chi connectivity index (χ0) is 12.3. The van der Waals surface area contributed by atoms with Gasteiger partial charge in [-0.3, -0.25) is 9.36 Å². The van der Waals surface area contributed by atoms with Crippen LogP contribution in [0.1, 0.15) is 0 Å². The summed E-state index contributed by atoms with van der Waals surface area (Å²) < 4.78 is 4.32. The van der Waals surface area contributed by atoms with Crippen molar-refractivity contribution in [3.8, 4) is 0 Å². The predicted molar refractivity (Wildman–Crippen MR) is 76.9 cm³/mol. The highest BCUT2D eigenvalue weighted by Crippen LogP contribution is 2.33. The van der Waals surface area contributed by atoms with Crippen LogP contribution in [0.2, 0.25) is 0 Å². The first-order valence-electron chi connectivity index (χ1n) is 6.18. The first-order valence-corrected chi connectivity index (χ1v) is 6.18. The largest absolute Gasteiger partial charge is 0.295 e. The van der Waals surface area contributed by atoms with Gasteiger partial charge < -0.3 is 0 Å². The lowest BCUT2D eigenvalue weighted by atomic mass is 9.97. The lowest BCUT2D eigenvalue weighted by molar-refractivity contribution is 0.599. The minimum atomic E-state index is 1.28. The molecule has 0 N–H and O–H groups in total. The monoisotopic (exact) mass is 234 g/mol. The normalized spacial score (nSPS) is 11.9. The minimum Gasteiger partial charge on any atom is -0.295 e. The highest BCUT2D eigenvalue weighted by molar-refractivity contribution is 6.21. The number of rotatable bonds is 0. The maximum absolute atomic E-state index is 2.21. The van der Waals surface area contributed by atoms with E-state index in [4.69, 9.17) is 0 Å². The Morgan fingerprint density at radius 3 is 2.17 bits per heavy atom. The highest BCUT2D eigenvalue weighted by Gasteiger charge is 2.09. The Kier molecular flexibility index (Phi) is 1.72. The SMILES string of the molecule is Cn1cc2ccc3cccc4ccc(c2c34)n1C. The smallest absolute Gasteiger partial charge is 0.0656 e. The van der Waals surface area contributed by atoms with Crippen molar-refractivity contribution < 1.29 is 0 Å². The third kappa shape index (κ3) is 1.07. The van der Waals surface area contributed by atoms with Gasteiger partial charge in [-0.1, -0.05) is 36.4 Å². The second kappa shape index (κ2) is 3.16. The fourth-order valence-corrected chi connectivity index (χ4v) is 2.93. The fourth-order valence-electron chi connectivity index (χ4n) is 2.93. The molecule has 18 heavy (non-hydrogen) atoms. The van der Waals surface area contributed by atoms with Crippen molar-refractivity contribution in [1.82, 2.24) is 9.36 Å². The molecule has 1 aromatic heterocycles. The summed E-state index contributed by atoms with van der Waals surface area (Å²) in [6.07, 6.45) is 2.19. The van der Waals surface area contributed by atoms with Gasteiger partial charge in [-0.25, -0.2) is 0 Å². The van der Waals surface area contributed by atoms with Gasteiger partial charge in [-0.15, -0.1) is 0 Å². The van der Waals surface area contributed by atoms with E-state index in [9.17, 15) is 0 Å². The number of nitrogens with zero attached hydrogens (tertiary/aromatic N) is 2. The van der Waals surface area contributed by atoms with Gasteiger partial charge in [0.05, 0.1) is 5.52 Å². The lowest BCUT2D eigenvalue weighted by Gasteiger charge is -2.17. The van der Waals surface area contributed by atoms with Crippen molar-refractivity contribution in [3.05, 3.63) is 48.7 Å².